The van der Waals surface area contributed by atoms with Crippen LogP contribution in [0, 0.1) is 13.8 Å². The van der Waals surface area contributed by atoms with Crippen molar-refractivity contribution in [2.75, 3.05) is 5.75 Å². The zero-order chi connectivity index (χ0) is 22.3. The van der Waals surface area contributed by atoms with Crippen LogP contribution in [0.2, 0.25) is 0 Å². The molecule has 5 heteroatoms. The first-order valence-corrected chi connectivity index (χ1v) is 11.5. The molecule has 0 radical (unpaired) electrons. The molecule has 0 aliphatic rings. The number of hydrogen-bond donors (Lipinski definition) is 1. The highest BCUT2D eigenvalue weighted by atomic mass is 32.2. The minimum absolute atomic E-state index is 0.0225. The molecule has 2 rings (SSSR count). The summed E-state index contributed by atoms with van der Waals surface area (Å²) in [5, 5.41) is 3.00. The van der Waals surface area contributed by atoms with E-state index in [0.29, 0.717) is 12.3 Å². The third kappa shape index (κ3) is 7.52. The number of carbonyl (C=O) groups is 2. The van der Waals surface area contributed by atoms with Crippen LogP contribution in [0.5, 0.6) is 0 Å². The van der Waals surface area contributed by atoms with Crippen molar-refractivity contribution in [1.29, 1.82) is 0 Å². The van der Waals surface area contributed by atoms with Crippen LogP contribution in [0.25, 0.3) is 0 Å². The van der Waals surface area contributed by atoms with Crippen LogP contribution in [-0.4, -0.2) is 34.0 Å². The molecule has 2 aromatic rings. The molecule has 0 aliphatic carbocycles. The lowest BCUT2D eigenvalue weighted by atomic mass is 10.1. The van der Waals surface area contributed by atoms with E-state index in [4.69, 9.17) is 0 Å². The van der Waals surface area contributed by atoms with E-state index in [1.807, 2.05) is 64.1 Å². The molecule has 4 nitrogen and oxygen atoms in total. The van der Waals surface area contributed by atoms with Crippen molar-refractivity contribution in [3.05, 3.63) is 70.8 Å². The van der Waals surface area contributed by atoms with Crippen LogP contribution in [0.1, 0.15) is 49.9 Å². The molecule has 0 aromatic heterocycles. The summed E-state index contributed by atoms with van der Waals surface area (Å²) in [5.74, 6) is 0.963. The monoisotopic (exact) mass is 426 g/mol. The second kappa shape index (κ2) is 10.7. The van der Waals surface area contributed by atoms with Gasteiger partial charge < -0.3 is 10.2 Å². The van der Waals surface area contributed by atoms with Crippen molar-refractivity contribution in [3.8, 4) is 0 Å². The molecule has 0 saturated heterocycles. The fourth-order valence-electron chi connectivity index (χ4n) is 3.05. The summed E-state index contributed by atoms with van der Waals surface area (Å²) < 4.78 is 0. The van der Waals surface area contributed by atoms with Crippen LogP contribution in [-0.2, 0) is 21.9 Å². The molecule has 1 atom stereocenters. The van der Waals surface area contributed by atoms with Gasteiger partial charge in [-0.05, 0) is 58.2 Å². The first-order valence-electron chi connectivity index (χ1n) is 10.4. The molecule has 162 valence electrons. The molecule has 0 spiro atoms. The van der Waals surface area contributed by atoms with E-state index in [-0.39, 0.29) is 17.4 Å². The van der Waals surface area contributed by atoms with Crippen LogP contribution < -0.4 is 5.32 Å². The summed E-state index contributed by atoms with van der Waals surface area (Å²) in [4.78, 5) is 27.6. The van der Waals surface area contributed by atoms with Gasteiger partial charge in [0.1, 0.15) is 6.04 Å². The van der Waals surface area contributed by atoms with Gasteiger partial charge in [0.05, 0.1) is 5.75 Å². The first kappa shape index (κ1) is 24.0. The van der Waals surface area contributed by atoms with Crippen LogP contribution in [0.4, 0.5) is 0 Å². The molecule has 0 saturated carbocycles. The minimum Gasteiger partial charge on any atom is -0.350 e. The number of thioether (sulfide) groups is 1. The number of amides is 2. The number of carbonyl (C=O) groups excluding carboxylic acids is 2. The Morgan fingerprint density at radius 1 is 1.03 bits per heavy atom. The van der Waals surface area contributed by atoms with Crippen LogP contribution in [0.15, 0.2) is 48.5 Å². The highest BCUT2D eigenvalue weighted by Gasteiger charge is 2.28. The van der Waals surface area contributed by atoms with Gasteiger partial charge in [0.15, 0.2) is 0 Å². The second-order valence-corrected chi connectivity index (χ2v) is 9.83. The molecular weight excluding hydrogens is 392 g/mol. The quantitative estimate of drug-likeness (QED) is 0.655. The third-order valence-corrected chi connectivity index (χ3v) is 5.85. The zero-order valence-electron chi connectivity index (χ0n) is 19.0. The van der Waals surface area contributed by atoms with E-state index in [1.165, 1.54) is 16.7 Å². The van der Waals surface area contributed by atoms with E-state index in [0.717, 1.165) is 11.3 Å². The van der Waals surface area contributed by atoms with Gasteiger partial charge in [-0.2, -0.15) is 0 Å². The van der Waals surface area contributed by atoms with E-state index in [9.17, 15) is 9.59 Å². The summed E-state index contributed by atoms with van der Waals surface area (Å²) in [6.07, 6.45) is 0. The van der Waals surface area contributed by atoms with Crippen molar-refractivity contribution < 1.29 is 9.59 Å². The third-order valence-electron chi connectivity index (χ3n) is 4.88. The molecule has 0 fully saturated rings. The molecule has 30 heavy (non-hydrogen) atoms. The summed E-state index contributed by atoms with van der Waals surface area (Å²) in [6, 6.07) is 15.8. The van der Waals surface area contributed by atoms with Crippen molar-refractivity contribution in [1.82, 2.24) is 10.2 Å². The Morgan fingerprint density at radius 3 is 2.27 bits per heavy atom. The summed E-state index contributed by atoms with van der Waals surface area (Å²) in [7, 11) is 0. The van der Waals surface area contributed by atoms with Crippen LogP contribution >= 0.6 is 11.8 Å². The Kier molecular flexibility index (Phi) is 8.54. The van der Waals surface area contributed by atoms with Gasteiger partial charge in [0.25, 0.3) is 0 Å². The van der Waals surface area contributed by atoms with E-state index >= 15 is 0 Å². The lowest BCUT2D eigenvalue weighted by Crippen LogP contribution is -2.52. The Labute approximate surface area is 185 Å². The number of aryl methyl sites for hydroxylation is 2. The number of rotatable bonds is 8. The molecule has 0 heterocycles. The number of benzene rings is 2. The van der Waals surface area contributed by atoms with Gasteiger partial charge in [-0.1, -0.05) is 54.1 Å². The van der Waals surface area contributed by atoms with Crippen molar-refractivity contribution in [2.45, 2.75) is 65.4 Å². The van der Waals surface area contributed by atoms with Crippen molar-refractivity contribution in [2.24, 2.45) is 0 Å². The average molecular weight is 427 g/mol. The van der Waals surface area contributed by atoms with Gasteiger partial charge in [0, 0.05) is 17.8 Å². The molecule has 2 amide bonds. The lowest BCUT2D eigenvalue weighted by molar-refractivity contribution is -0.139. The van der Waals surface area contributed by atoms with Gasteiger partial charge in [-0.25, -0.2) is 0 Å². The SMILES string of the molecule is Cc1ccc(CN(C(=O)CSCc2ccccc2C)[C@H](C)C(=O)NC(C)(C)C)cc1. The number of nitrogens with one attached hydrogen (secondary N) is 1. The van der Waals surface area contributed by atoms with Crippen molar-refractivity contribution in [3.63, 3.8) is 0 Å². The number of hydrogen-bond acceptors (Lipinski definition) is 3. The Hall–Kier alpha value is -2.27. The molecule has 0 bridgehead atoms. The Bertz CT molecular complexity index is 856. The summed E-state index contributed by atoms with van der Waals surface area (Å²) in [5.41, 5.74) is 4.31. The maximum atomic E-state index is 13.1. The molecule has 1 N–H and O–H groups in total. The fraction of sp³-hybridized carbons (Fsp3) is 0.440. The second-order valence-electron chi connectivity index (χ2n) is 8.84. The maximum absolute atomic E-state index is 13.1. The average Bonchev–Trinajstić information content (AvgIpc) is 2.67. The predicted molar refractivity (Wildman–Crippen MR) is 126 cm³/mol. The standard InChI is InChI=1S/C25H34N2O2S/c1-18-11-13-21(14-12-18)15-27(20(3)24(29)26-25(4,5)6)23(28)17-30-16-22-10-8-7-9-19(22)2/h7-14,20H,15-17H2,1-6H3,(H,26,29)/t20-/m1/s1. The fourth-order valence-corrected chi connectivity index (χ4v) is 4.04. The predicted octanol–water partition coefficient (Wildman–Crippen LogP) is 4.87. The summed E-state index contributed by atoms with van der Waals surface area (Å²) >= 11 is 1.59. The topological polar surface area (TPSA) is 49.4 Å². The Balaban J connectivity index is 2.10. The highest BCUT2D eigenvalue weighted by Crippen LogP contribution is 2.18. The Morgan fingerprint density at radius 2 is 1.67 bits per heavy atom. The maximum Gasteiger partial charge on any atom is 0.242 e. The zero-order valence-corrected chi connectivity index (χ0v) is 19.8. The summed E-state index contributed by atoms with van der Waals surface area (Å²) in [6.45, 7) is 12.2. The lowest BCUT2D eigenvalue weighted by Gasteiger charge is -2.31. The smallest absolute Gasteiger partial charge is 0.242 e. The molecular formula is C25H34N2O2S. The van der Waals surface area contributed by atoms with Gasteiger partial charge in [-0.15, -0.1) is 11.8 Å². The van der Waals surface area contributed by atoms with Crippen molar-refractivity contribution >= 4 is 23.6 Å². The number of nitrogens with zero attached hydrogens (tertiary/aromatic N) is 1. The highest BCUT2D eigenvalue weighted by molar-refractivity contribution is 7.99. The molecule has 0 aliphatic heterocycles. The van der Waals surface area contributed by atoms with E-state index < -0.39 is 6.04 Å². The van der Waals surface area contributed by atoms with Gasteiger partial charge in [-0.3, -0.25) is 9.59 Å². The van der Waals surface area contributed by atoms with Gasteiger partial charge >= 0.3 is 0 Å². The first-order chi connectivity index (χ1) is 14.1. The minimum atomic E-state index is -0.544. The molecule has 0 unspecified atom stereocenters. The molecule has 2 aromatic carbocycles. The van der Waals surface area contributed by atoms with Crippen LogP contribution in [0.3, 0.4) is 0 Å². The largest absolute Gasteiger partial charge is 0.350 e. The normalized spacial score (nSPS) is 12.3. The van der Waals surface area contributed by atoms with Gasteiger partial charge in [0.2, 0.25) is 11.8 Å². The van der Waals surface area contributed by atoms with E-state index in [1.54, 1.807) is 23.6 Å². The van der Waals surface area contributed by atoms with E-state index in [2.05, 4.69) is 24.4 Å².